The first-order chi connectivity index (χ1) is 8.15. The lowest BCUT2D eigenvalue weighted by Gasteiger charge is -2.08. The first-order valence-electron chi connectivity index (χ1n) is 5.09. The molecule has 0 heterocycles. The molecular formula is C14H9F2N. The van der Waals surface area contributed by atoms with E-state index >= 15 is 0 Å². The van der Waals surface area contributed by atoms with E-state index < -0.39 is 17.2 Å². The van der Waals surface area contributed by atoms with Crippen LogP contribution in [0.25, 0.3) is 11.1 Å². The monoisotopic (exact) mass is 229 g/mol. The van der Waals surface area contributed by atoms with Crippen molar-refractivity contribution in [2.45, 2.75) is 6.92 Å². The molecule has 0 spiro atoms. The highest BCUT2D eigenvalue weighted by molar-refractivity contribution is 5.69. The molecular weight excluding hydrogens is 220 g/mol. The van der Waals surface area contributed by atoms with Crippen LogP contribution in [0.15, 0.2) is 36.4 Å². The molecule has 0 N–H and O–H groups in total. The fraction of sp³-hybridized carbons (Fsp3) is 0.0714. The van der Waals surface area contributed by atoms with Gasteiger partial charge in [0.05, 0.1) is 0 Å². The van der Waals surface area contributed by atoms with Crippen LogP contribution in [0.2, 0.25) is 0 Å². The van der Waals surface area contributed by atoms with Gasteiger partial charge in [-0.15, -0.1) is 0 Å². The molecule has 0 bridgehead atoms. The fourth-order valence-corrected chi connectivity index (χ4v) is 1.74. The van der Waals surface area contributed by atoms with Gasteiger partial charge in [-0.25, -0.2) is 8.78 Å². The zero-order chi connectivity index (χ0) is 12.4. The van der Waals surface area contributed by atoms with E-state index in [0.717, 1.165) is 11.6 Å². The van der Waals surface area contributed by atoms with Gasteiger partial charge in [-0.05, 0) is 30.2 Å². The maximum Gasteiger partial charge on any atom is 0.151 e. The van der Waals surface area contributed by atoms with Gasteiger partial charge >= 0.3 is 0 Å². The van der Waals surface area contributed by atoms with Gasteiger partial charge in [0.2, 0.25) is 0 Å². The summed E-state index contributed by atoms with van der Waals surface area (Å²) in [5.74, 6) is -1.64. The third-order valence-electron chi connectivity index (χ3n) is 2.64. The van der Waals surface area contributed by atoms with Crippen molar-refractivity contribution in [1.29, 1.82) is 5.26 Å². The first kappa shape index (κ1) is 11.3. The van der Waals surface area contributed by atoms with Crippen molar-refractivity contribution in [3.05, 3.63) is 59.2 Å². The first-order valence-corrected chi connectivity index (χ1v) is 5.09. The molecule has 3 heteroatoms. The van der Waals surface area contributed by atoms with E-state index in [-0.39, 0.29) is 5.56 Å². The van der Waals surface area contributed by atoms with Crippen molar-refractivity contribution in [1.82, 2.24) is 0 Å². The number of rotatable bonds is 1. The topological polar surface area (TPSA) is 23.8 Å². The van der Waals surface area contributed by atoms with Gasteiger partial charge in [0.25, 0.3) is 0 Å². The minimum absolute atomic E-state index is 0.251. The second-order valence-electron chi connectivity index (χ2n) is 3.71. The standard InChI is InChI=1S/C14H9F2N/c1-9-4-2-3-5-10(9)11-6-7-13(15)12(8-17)14(11)16/h2-7H,1H3. The molecule has 2 aromatic carbocycles. The Morgan fingerprint density at radius 2 is 1.71 bits per heavy atom. The van der Waals surface area contributed by atoms with Gasteiger partial charge in [-0.1, -0.05) is 24.3 Å². The van der Waals surface area contributed by atoms with Crippen LogP contribution in [-0.4, -0.2) is 0 Å². The molecule has 0 aliphatic heterocycles. The number of hydrogen-bond acceptors (Lipinski definition) is 1. The predicted molar refractivity (Wildman–Crippen MR) is 61.2 cm³/mol. The molecule has 2 rings (SSSR count). The summed E-state index contributed by atoms with van der Waals surface area (Å²) in [5, 5.41) is 8.71. The number of nitriles is 1. The van der Waals surface area contributed by atoms with Crippen molar-refractivity contribution >= 4 is 0 Å². The number of aryl methyl sites for hydroxylation is 1. The van der Waals surface area contributed by atoms with Crippen LogP contribution in [0, 0.1) is 29.9 Å². The number of hydrogen-bond donors (Lipinski definition) is 0. The lowest BCUT2D eigenvalue weighted by Crippen LogP contribution is -1.95. The largest absolute Gasteiger partial charge is 0.205 e. The van der Waals surface area contributed by atoms with Crippen LogP contribution < -0.4 is 0 Å². The Labute approximate surface area is 97.9 Å². The third kappa shape index (κ3) is 1.90. The summed E-state index contributed by atoms with van der Waals surface area (Å²) in [6, 6.07) is 11.2. The Bertz CT molecular complexity index is 612. The van der Waals surface area contributed by atoms with Crippen molar-refractivity contribution in [3.63, 3.8) is 0 Å². The molecule has 17 heavy (non-hydrogen) atoms. The summed E-state index contributed by atoms with van der Waals surface area (Å²) in [6.07, 6.45) is 0. The minimum Gasteiger partial charge on any atom is -0.205 e. The zero-order valence-corrected chi connectivity index (χ0v) is 9.17. The molecule has 0 saturated carbocycles. The van der Waals surface area contributed by atoms with Crippen LogP contribution in [0.3, 0.4) is 0 Å². The van der Waals surface area contributed by atoms with Crippen molar-refractivity contribution in [2.75, 3.05) is 0 Å². The second-order valence-corrected chi connectivity index (χ2v) is 3.71. The van der Waals surface area contributed by atoms with E-state index in [1.54, 1.807) is 18.2 Å². The van der Waals surface area contributed by atoms with Gasteiger partial charge in [0.15, 0.2) is 5.82 Å². The third-order valence-corrected chi connectivity index (χ3v) is 2.64. The molecule has 0 fully saturated rings. The molecule has 0 atom stereocenters. The van der Waals surface area contributed by atoms with Crippen molar-refractivity contribution in [2.24, 2.45) is 0 Å². The maximum absolute atomic E-state index is 13.9. The van der Waals surface area contributed by atoms with E-state index in [4.69, 9.17) is 5.26 Å². The lowest BCUT2D eigenvalue weighted by molar-refractivity contribution is 0.579. The Kier molecular flexibility index (Phi) is 2.88. The van der Waals surface area contributed by atoms with Gasteiger partial charge in [-0.2, -0.15) is 5.26 Å². The molecule has 0 aromatic heterocycles. The summed E-state index contributed by atoms with van der Waals surface area (Å²) in [4.78, 5) is 0. The highest BCUT2D eigenvalue weighted by Gasteiger charge is 2.15. The molecule has 0 aliphatic rings. The highest BCUT2D eigenvalue weighted by atomic mass is 19.1. The number of halogens is 2. The summed E-state index contributed by atoms with van der Waals surface area (Å²) in [6.45, 7) is 1.84. The Morgan fingerprint density at radius 3 is 2.35 bits per heavy atom. The Hall–Kier alpha value is -2.21. The molecule has 0 unspecified atom stereocenters. The summed E-state index contributed by atoms with van der Waals surface area (Å²) >= 11 is 0. The van der Waals surface area contributed by atoms with Crippen LogP contribution in [0.1, 0.15) is 11.1 Å². The van der Waals surface area contributed by atoms with Gasteiger partial charge in [0, 0.05) is 5.56 Å². The molecule has 1 nitrogen and oxygen atoms in total. The molecule has 84 valence electrons. The average molecular weight is 229 g/mol. The van der Waals surface area contributed by atoms with E-state index in [9.17, 15) is 8.78 Å². The van der Waals surface area contributed by atoms with Crippen molar-refractivity contribution in [3.8, 4) is 17.2 Å². The van der Waals surface area contributed by atoms with Crippen LogP contribution in [0.5, 0.6) is 0 Å². The number of nitrogens with zero attached hydrogens (tertiary/aromatic N) is 1. The normalized spacial score (nSPS) is 10.0. The van der Waals surface area contributed by atoms with Gasteiger partial charge < -0.3 is 0 Å². The molecule has 0 aliphatic carbocycles. The Morgan fingerprint density at radius 1 is 1.00 bits per heavy atom. The van der Waals surface area contributed by atoms with Crippen molar-refractivity contribution < 1.29 is 8.78 Å². The molecule has 2 aromatic rings. The highest BCUT2D eigenvalue weighted by Crippen LogP contribution is 2.28. The Balaban J connectivity index is 2.71. The molecule has 0 amide bonds. The molecule has 0 saturated heterocycles. The minimum atomic E-state index is -0.831. The molecule has 0 radical (unpaired) electrons. The quantitative estimate of drug-likeness (QED) is 0.729. The average Bonchev–Trinajstić information content (AvgIpc) is 2.31. The van der Waals surface area contributed by atoms with E-state index in [1.807, 2.05) is 19.1 Å². The van der Waals surface area contributed by atoms with E-state index in [2.05, 4.69) is 0 Å². The van der Waals surface area contributed by atoms with Crippen LogP contribution in [0.4, 0.5) is 8.78 Å². The summed E-state index contributed by atoms with van der Waals surface area (Å²) in [5.41, 5.74) is 1.26. The second kappa shape index (κ2) is 4.34. The van der Waals surface area contributed by atoms with Crippen LogP contribution in [-0.2, 0) is 0 Å². The summed E-state index contributed by atoms with van der Waals surface area (Å²) in [7, 11) is 0. The van der Waals surface area contributed by atoms with E-state index in [0.29, 0.717) is 5.56 Å². The summed E-state index contributed by atoms with van der Waals surface area (Å²) < 4.78 is 27.1. The zero-order valence-electron chi connectivity index (χ0n) is 9.17. The SMILES string of the molecule is Cc1ccccc1-c1ccc(F)c(C#N)c1F. The van der Waals surface area contributed by atoms with E-state index in [1.165, 1.54) is 6.07 Å². The number of benzene rings is 2. The van der Waals surface area contributed by atoms with Gasteiger partial charge in [0.1, 0.15) is 17.4 Å². The fourth-order valence-electron chi connectivity index (χ4n) is 1.74. The maximum atomic E-state index is 13.9. The van der Waals surface area contributed by atoms with Crippen LogP contribution >= 0.6 is 0 Å². The van der Waals surface area contributed by atoms with Gasteiger partial charge in [-0.3, -0.25) is 0 Å². The predicted octanol–water partition coefficient (Wildman–Crippen LogP) is 3.81. The smallest absolute Gasteiger partial charge is 0.151 e. The lowest BCUT2D eigenvalue weighted by atomic mass is 9.98.